The van der Waals surface area contributed by atoms with Crippen molar-refractivity contribution in [2.45, 2.75) is 26.7 Å². The van der Waals surface area contributed by atoms with E-state index in [1.807, 2.05) is 19.9 Å². The zero-order valence-electron chi connectivity index (χ0n) is 8.30. The van der Waals surface area contributed by atoms with E-state index in [1.165, 1.54) is 5.56 Å². The van der Waals surface area contributed by atoms with Crippen LogP contribution in [0.1, 0.15) is 23.1 Å². The Morgan fingerprint density at radius 1 is 1.43 bits per heavy atom. The van der Waals surface area contributed by atoms with Crippen molar-refractivity contribution >= 4 is 21.9 Å². The maximum Gasteiger partial charge on any atom is 0.303 e. The third-order valence-electron chi connectivity index (χ3n) is 2.08. The second-order valence-electron chi connectivity index (χ2n) is 3.45. The van der Waals surface area contributed by atoms with Gasteiger partial charge in [-0.3, -0.25) is 4.79 Å². The second-order valence-corrected chi connectivity index (χ2v) is 4.24. The minimum Gasteiger partial charge on any atom is -0.481 e. The normalized spacial score (nSPS) is 10.2. The van der Waals surface area contributed by atoms with Gasteiger partial charge in [0.2, 0.25) is 0 Å². The molecule has 1 N–H and O–H groups in total. The van der Waals surface area contributed by atoms with Gasteiger partial charge < -0.3 is 5.11 Å². The highest BCUT2D eigenvalue weighted by Gasteiger charge is 2.06. The lowest BCUT2D eigenvalue weighted by Gasteiger charge is -2.07. The summed E-state index contributed by atoms with van der Waals surface area (Å²) < 4.78 is 1.03. The van der Waals surface area contributed by atoms with Gasteiger partial charge in [0.15, 0.2) is 0 Å². The zero-order valence-corrected chi connectivity index (χ0v) is 9.89. The molecular weight excluding hydrogens is 244 g/mol. The van der Waals surface area contributed by atoms with E-state index in [4.69, 9.17) is 5.11 Å². The fraction of sp³-hybridized carbons (Fsp3) is 0.364. The smallest absolute Gasteiger partial charge is 0.303 e. The van der Waals surface area contributed by atoms with Gasteiger partial charge in [-0.05, 0) is 31.4 Å². The van der Waals surface area contributed by atoms with Gasteiger partial charge in [0.05, 0.1) is 0 Å². The van der Waals surface area contributed by atoms with Crippen molar-refractivity contribution in [1.29, 1.82) is 0 Å². The predicted octanol–water partition coefficient (Wildman–Crippen LogP) is 3.08. The predicted molar refractivity (Wildman–Crippen MR) is 59.6 cm³/mol. The number of carboxylic acids is 1. The molecule has 0 fully saturated rings. The van der Waals surface area contributed by atoms with Gasteiger partial charge in [-0.2, -0.15) is 0 Å². The number of benzene rings is 1. The third kappa shape index (κ3) is 2.84. The SMILES string of the molecule is Cc1cc(C)c(Br)c(CCC(=O)O)c1. The van der Waals surface area contributed by atoms with Crippen molar-refractivity contribution in [1.82, 2.24) is 0 Å². The molecule has 0 spiro atoms. The lowest BCUT2D eigenvalue weighted by molar-refractivity contribution is -0.136. The molecule has 14 heavy (non-hydrogen) atoms. The molecule has 0 bridgehead atoms. The zero-order chi connectivity index (χ0) is 10.7. The maximum absolute atomic E-state index is 10.4. The summed E-state index contributed by atoms with van der Waals surface area (Å²) in [6, 6.07) is 4.11. The number of aliphatic carboxylic acids is 1. The summed E-state index contributed by atoms with van der Waals surface area (Å²) in [5, 5.41) is 8.59. The molecule has 0 unspecified atom stereocenters. The van der Waals surface area contributed by atoms with Crippen LogP contribution in [0.4, 0.5) is 0 Å². The van der Waals surface area contributed by atoms with Crippen molar-refractivity contribution in [3.8, 4) is 0 Å². The molecule has 1 aromatic rings. The first-order valence-corrected chi connectivity index (χ1v) is 5.27. The van der Waals surface area contributed by atoms with Gasteiger partial charge >= 0.3 is 5.97 Å². The van der Waals surface area contributed by atoms with Gasteiger partial charge in [0.1, 0.15) is 0 Å². The molecular formula is C11H13BrO2. The summed E-state index contributed by atoms with van der Waals surface area (Å²) in [6.07, 6.45) is 0.764. The maximum atomic E-state index is 10.4. The Kier molecular flexibility index (Phi) is 3.69. The van der Waals surface area contributed by atoms with Crippen LogP contribution in [0.3, 0.4) is 0 Å². The molecule has 76 valence electrons. The first-order valence-electron chi connectivity index (χ1n) is 4.48. The van der Waals surface area contributed by atoms with E-state index in [9.17, 15) is 4.79 Å². The molecule has 0 aliphatic heterocycles. The quantitative estimate of drug-likeness (QED) is 0.903. The van der Waals surface area contributed by atoms with Crippen LogP contribution in [0.5, 0.6) is 0 Å². The molecule has 0 atom stereocenters. The lowest BCUT2D eigenvalue weighted by Crippen LogP contribution is -1.99. The molecule has 0 aromatic heterocycles. The highest BCUT2D eigenvalue weighted by atomic mass is 79.9. The minimum absolute atomic E-state index is 0.182. The molecule has 2 nitrogen and oxygen atoms in total. The van der Waals surface area contributed by atoms with Crippen molar-refractivity contribution in [3.63, 3.8) is 0 Å². The first-order chi connectivity index (χ1) is 6.50. The van der Waals surface area contributed by atoms with E-state index in [2.05, 4.69) is 22.0 Å². The van der Waals surface area contributed by atoms with Gasteiger partial charge in [-0.15, -0.1) is 0 Å². The summed E-state index contributed by atoms with van der Waals surface area (Å²) >= 11 is 3.47. The summed E-state index contributed by atoms with van der Waals surface area (Å²) in [5.74, 6) is -0.754. The number of rotatable bonds is 3. The number of aryl methyl sites for hydroxylation is 3. The molecule has 0 aliphatic rings. The van der Waals surface area contributed by atoms with E-state index in [1.54, 1.807) is 0 Å². The second kappa shape index (κ2) is 4.60. The van der Waals surface area contributed by atoms with Gasteiger partial charge in [0.25, 0.3) is 0 Å². The van der Waals surface area contributed by atoms with Crippen LogP contribution in [0.15, 0.2) is 16.6 Å². The number of hydrogen-bond acceptors (Lipinski definition) is 1. The Labute approximate surface area is 92.1 Å². The number of carbonyl (C=O) groups is 1. The van der Waals surface area contributed by atoms with Crippen LogP contribution < -0.4 is 0 Å². The van der Waals surface area contributed by atoms with Crippen molar-refractivity contribution in [2.24, 2.45) is 0 Å². The Morgan fingerprint density at radius 2 is 2.07 bits per heavy atom. The third-order valence-corrected chi connectivity index (χ3v) is 3.22. The Hall–Kier alpha value is -0.830. The van der Waals surface area contributed by atoms with Crippen LogP contribution in [-0.4, -0.2) is 11.1 Å². The fourth-order valence-corrected chi connectivity index (χ4v) is 1.89. The van der Waals surface area contributed by atoms with Gasteiger partial charge in [-0.1, -0.05) is 33.6 Å². The monoisotopic (exact) mass is 256 g/mol. The molecule has 0 amide bonds. The summed E-state index contributed by atoms with van der Waals surface area (Å²) in [5.41, 5.74) is 3.40. The van der Waals surface area contributed by atoms with Crippen molar-refractivity contribution in [3.05, 3.63) is 33.3 Å². The number of halogens is 1. The van der Waals surface area contributed by atoms with Crippen molar-refractivity contribution < 1.29 is 9.90 Å². The van der Waals surface area contributed by atoms with E-state index < -0.39 is 5.97 Å². The Bertz CT molecular complexity index is 359. The summed E-state index contributed by atoms with van der Waals surface area (Å²) in [6.45, 7) is 4.03. The molecule has 0 saturated heterocycles. The van der Waals surface area contributed by atoms with E-state index in [0.29, 0.717) is 6.42 Å². The van der Waals surface area contributed by atoms with E-state index >= 15 is 0 Å². The van der Waals surface area contributed by atoms with Crippen LogP contribution in [0, 0.1) is 13.8 Å². The average molecular weight is 257 g/mol. The number of hydrogen-bond donors (Lipinski definition) is 1. The van der Waals surface area contributed by atoms with Gasteiger partial charge in [0, 0.05) is 10.9 Å². The van der Waals surface area contributed by atoms with Crippen LogP contribution in [-0.2, 0) is 11.2 Å². The highest BCUT2D eigenvalue weighted by Crippen LogP contribution is 2.24. The summed E-state index contributed by atoms with van der Waals surface area (Å²) in [4.78, 5) is 10.4. The Balaban J connectivity index is 2.90. The largest absolute Gasteiger partial charge is 0.481 e. The van der Waals surface area contributed by atoms with Crippen LogP contribution in [0.2, 0.25) is 0 Å². The molecule has 0 aliphatic carbocycles. The molecule has 0 saturated carbocycles. The minimum atomic E-state index is -0.754. The van der Waals surface area contributed by atoms with E-state index in [-0.39, 0.29) is 6.42 Å². The molecule has 0 radical (unpaired) electrons. The molecule has 0 heterocycles. The van der Waals surface area contributed by atoms with Crippen molar-refractivity contribution in [2.75, 3.05) is 0 Å². The lowest BCUT2D eigenvalue weighted by atomic mass is 10.0. The molecule has 1 aromatic carbocycles. The van der Waals surface area contributed by atoms with E-state index in [0.717, 1.165) is 15.6 Å². The van der Waals surface area contributed by atoms with Crippen LogP contribution >= 0.6 is 15.9 Å². The first kappa shape index (κ1) is 11.2. The fourth-order valence-electron chi connectivity index (χ4n) is 1.46. The highest BCUT2D eigenvalue weighted by molar-refractivity contribution is 9.10. The van der Waals surface area contributed by atoms with Gasteiger partial charge in [-0.25, -0.2) is 0 Å². The standard InChI is InChI=1S/C11H13BrO2/c1-7-5-8(2)11(12)9(6-7)3-4-10(13)14/h5-6H,3-4H2,1-2H3,(H,13,14). The van der Waals surface area contributed by atoms with Crippen LogP contribution in [0.25, 0.3) is 0 Å². The Morgan fingerprint density at radius 3 is 2.64 bits per heavy atom. The molecule has 1 rings (SSSR count). The summed E-state index contributed by atoms with van der Waals surface area (Å²) in [7, 11) is 0. The average Bonchev–Trinajstić information content (AvgIpc) is 2.08. The molecule has 3 heteroatoms. The topological polar surface area (TPSA) is 37.3 Å². The number of carboxylic acid groups (broad SMARTS) is 1.